The summed E-state index contributed by atoms with van der Waals surface area (Å²) in [6, 6.07) is -0.449. The van der Waals surface area contributed by atoms with Gasteiger partial charge in [-0.15, -0.1) is 0 Å². The highest BCUT2D eigenvalue weighted by Gasteiger charge is 2.18. The summed E-state index contributed by atoms with van der Waals surface area (Å²) in [6.07, 6.45) is 2.41. The largest absolute Gasteiger partial charge is 0.341 e. The van der Waals surface area contributed by atoms with Gasteiger partial charge < -0.3 is 10.6 Å². The molecule has 104 valence electrons. The normalized spacial score (nSPS) is 19.6. The number of rotatable bonds is 5. The Morgan fingerprint density at radius 3 is 2.78 bits per heavy atom. The fourth-order valence-electron chi connectivity index (χ4n) is 2.18. The Kier molecular flexibility index (Phi) is 6.67. The molecule has 0 spiro atoms. The van der Waals surface area contributed by atoms with E-state index in [1.165, 1.54) is 19.9 Å². The molecule has 0 aromatic carbocycles. The van der Waals surface area contributed by atoms with Crippen LogP contribution in [0, 0.1) is 5.92 Å². The lowest BCUT2D eigenvalue weighted by atomic mass is 9.99. The Balaban J connectivity index is 2.31. The van der Waals surface area contributed by atoms with Gasteiger partial charge in [0, 0.05) is 13.6 Å². The lowest BCUT2D eigenvalue weighted by molar-refractivity contribution is -0.121. The number of carbonyl (C=O) groups excluding carboxylic acids is 2. The molecule has 6 nitrogen and oxygen atoms in total. The average Bonchev–Trinajstić information content (AvgIpc) is 2.38. The van der Waals surface area contributed by atoms with Gasteiger partial charge in [0.05, 0.1) is 6.54 Å². The molecule has 3 amide bonds. The second-order valence-corrected chi connectivity index (χ2v) is 4.67. The van der Waals surface area contributed by atoms with Crippen LogP contribution < -0.4 is 16.0 Å². The maximum Gasteiger partial charge on any atom is 0.321 e. The van der Waals surface area contributed by atoms with Crippen LogP contribution in [-0.4, -0.2) is 56.6 Å². The van der Waals surface area contributed by atoms with Crippen LogP contribution in [0.1, 0.15) is 19.8 Å². The number of hydrogen-bond donors (Lipinski definition) is 3. The molecule has 0 aromatic heterocycles. The highest BCUT2D eigenvalue weighted by Crippen LogP contribution is 2.11. The second-order valence-electron chi connectivity index (χ2n) is 4.67. The molecule has 1 fully saturated rings. The molecule has 0 aliphatic carbocycles. The molecule has 0 saturated carbocycles. The molecular formula is C12H24N4O2. The van der Waals surface area contributed by atoms with Crippen LogP contribution in [0.15, 0.2) is 0 Å². The first-order chi connectivity index (χ1) is 8.65. The molecule has 1 heterocycles. The van der Waals surface area contributed by atoms with Gasteiger partial charge in [-0.3, -0.25) is 15.0 Å². The molecule has 6 heteroatoms. The van der Waals surface area contributed by atoms with Crippen molar-refractivity contribution in [2.75, 3.05) is 39.8 Å². The van der Waals surface area contributed by atoms with Crippen LogP contribution in [0.25, 0.3) is 0 Å². The smallest absolute Gasteiger partial charge is 0.321 e. The van der Waals surface area contributed by atoms with Crippen molar-refractivity contribution < 1.29 is 9.59 Å². The number of carbonyl (C=O) groups is 2. The third-order valence-corrected chi connectivity index (χ3v) is 3.21. The van der Waals surface area contributed by atoms with E-state index in [1.54, 1.807) is 0 Å². The predicted molar refractivity (Wildman–Crippen MR) is 70.3 cm³/mol. The summed E-state index contributed by atoms with van der Waals surface area (Å²) < 4.78 is 0. The first kappa shape index (κ1) is 14.9. The average molecular weight is 256 g/mol. The van der Waals surface area contributed by atoms with Gasteiger partial charge in [-0.2, -0.15) is 0 Å². The molecule has 1 aliphatic heterocycles. The van der Waals surface area contributed by atoms with Crippen molar-refractivity contribution in [1.29, 1.82) is 0 Å². The molecule has 0 radical (unpaired) electrons. The van der Waals surface area contributed by atoms with E-state index in [4.69, 9.17) is 0 Å². The third-order valence-electron chi connectivity index (χ3n) is 3.21. The van der Waals surface area contributed by atoms with Crippen LogP contribution in [-0.2, 0) is 4.79 Å². The number of likely N-dealkylation sites (N-methyl/N-ethyl adjacent to an activating group) is 1. The van der Waals surface area contributed by atoms with Crippen LogP contribution in [0.5, 0.6) is 0 Å². The van der Waals surface area contributed by atoms with E-state index in [1.807, 2.05) is 6.92 Å². The van der Waals surface area contributed by atoms with Crippen molar-refractivity contribution in [1.82, 2.24) is 20.9 Å². The van der Waals surface area contributed by atoms with Gasteiger partial charge >= 0.3 is 6.03 Å². The minimum atomic E-state index is -0.449. The Morgan fingerprint density at radius 2 is 2.22 bits per heavy atom. The first-order valence-corrected chi connectivity index (χ1v) is 6.60. The molecule has 1 saturated heterocycles. The van der Waals surface area contributed by atoms with Crippen molar-refractivity contribution in [2.45, 2.75) is 19.8 Å². The van der Waals surface area contributed by atoms with E-state index in [2.05, 4.69) is 20.9 Å². The maximum atomic E-state index is 11.6. The van der Waals surface area contributed by atoms with Gasteiger partial charge in [-0.05, 0) is 38.4 Å². The molecule has 1 rings (SSSR count). The number of hydrogen-bond acceptors (Lipinski definition) is 4. The molecule has 1 atom stereocenters. The van der Waals surface area contributed by atoms with Crippen molar-refractivity contribution >= 4 is 11.9 Å². The summed E-state index contributed by atoms with van der Waals surface area (Å²) in [5, 5.41) is 8.02. The number of nitrogens with one attached hydrogen (secondary N) is 3. The molecule has 0 aromatic rings. The number of imide groups is 1. The van der Waals surface area contributed by atoms with E-state index in [9.17, 15) is 9.59 Å². The summed E-state index contributed by atoms with van der Waals surface area (Å²) in [4.78, 5) is 24.7. The van der Waals surface area contributed by atoms with Crippen molar-refractivity contribution in [3.63, 3.8) is 0 Å². The Bertz CT molecular complexity index is 277. The van der Waals surface area contributed by atoms with Gasteiger partial charge in [0.2, 0.25) is 5.91 Å². The molecule has 18 heavy (non-hydrogen) atoms. The summed E-state index contributed by atoms with van der Waals surface area (Å²) in [5.74, 6) is 0.353. The van der Waals surface area contributed by atoms with Gasteiger partial charge in [-0.1, -0.05) is 6.92 Å². The summed E-state index contributed by atoms with van der Waals surface area (Å²) in [5.41, 5.74) is 0. The molecule has 1 unspecified atom stereocenters. The molecule has 3 N–H and O–H groups in total. The van der Waals surface area contributed by atoms with Gasteiger partial charge in [0.1, 0.15) is 0 Å². The van der Waals surface area contributed by atoms with Crippen LogP contribution >= 0.6 is 0 Å². The van der Waals surface area contributed by atoms with Crippen molar-refractivity contribution in [3.8, 4) is 0 Å². The number of amides is 3. The monoisotopic (exact) mass is 256 g/mol. The fraction of sp³-hybridized carbons (Fsp3) is 0.833. The topological polar surface area (TPSA) is 73.5 Å². The maximum absolute atomic E-state index is 11.6. The summed E-state index contributed by atoms with van der Waals surface area (Å²) in [7, 11) is 1.49. The Labute approximate surface area is 108 Å². The molecular weight excluding hydrogens is 232 g/mol. The standard InChI is InChI=1S/C12H24N4O2/c1-3-16(8-10-5-4-6-14-7-10)9-11(17)15-12(18)13-2/h10,14H,3-9H2,1-2H3,(H2,13,15,17,18). The van der Waals surface area contributed by atoms with Crippen LogP contribution in [0.2, 0.25) is 0 Å². The molecule has 1 aliphatic rings. The van der Waals surface area contributed by atoms with E-state index < -0.39 is 6.03 Å². The van der Waals surface area contributed by atoms with Gasteiger partial charge in [0.15, 0.2) is 0 Å². The molecule has 0 bridgehead atoms. The minimum Gasteiger partial charge on any atom is -0.341 e. The number of piperidine rings is 1. The quantitative estimate of drug-likeness (QED) is 0.635. The Hall–Kier alpha value is -1.14. The zero-order valence-corrected chi connectivity index (χ0v) is 11.3. The predicted octanol–water partition coefficient (Wildman–Crippen LogP) is -0.236. The zero-order chi connectivity index (χ0) is 13.4. The summed E-state index contributed by atoms with van der Waals surface area (Å²) >= 11 is 0. The third kappa shape index (κ3) is 5.46. The van der Waals surface area contributed by atoms with Crippen LogP contribution in [0.4, 0.5) is 4.79 Å². The van der Waals surface area contributed by atoms with Gasteiger partial charge in [0.25, 0.3) is 0 Å². The number of urea groups is 1. The summed E-state index contributed by atoms with van der Waals surface area (Å²) in [6.45, 7) is 6.15. The van der Waals surface area contributed by atoms with Crippen molar-refractivity contribution in [3.05, 3.63) is 0 Å². The van der Waals surface area contributed by atoms with Crippen LogP contribution in [0.3, 0.4) is 0 Å². The lowest BCUT2D eigenvalue weighted by Crippen LogP contribution is -2.45. The number of nitrogens with zero attached hydrogens (tertiary/aromatic N) is 1. The SMILES string of the molecule is CCN(CC(=O)NC(=O)NC)CC1CCCNC1. The van der Waals surface area contributed by atoms with E-state index in [0.717, 1.165) is 26.2 Å². The van der Waals surface area contributed by atoms with E-state index in [-0.39, 0.29) is 12.5 Å². The van der Waals surface area contributed by atoms with Gasteiger partial charge in [-0.25, -0.2) is 4.79 Å². The lowest BCUT2D eigenvalue weighted by Gasteiger charge is -2.28. The van der Waals surface area contributed by atoms with E-state index >= 15 is 0 Å². The first-order valence-electron chi connectivity index (χ1n) is 6.60. The minimum absolute atomic E-state index is 0.250. The Morgan fingerprint density at radius 1 is 1.44 bits per heavy atom. The zero-order valence-electron chi connectivity index (χ0n) is 11.3. The highest BCUT2D eigenvalue weighted by molar-refractivity contribution is 5.95. The van der Waals surface area contributed by atoms with Crippen molar-refractivity contribution in [2.24, 2.45) is 5.92 Å². The van der Waals surface area contributed by atoms with E-state index in [0.29, 0.717) is 5.92 Å². The second kappa shape index (κ2) is 8.05. The highest BCUT2D eigenvalue weighted by atomic mass is 16.2. The fourth-order valence-corrected chi connectivity index (χ4v) is 2.18.